The third-order valence-electron chi connectivity index (χ3n) is 7.43. The molecule has 1 saturated carbocycles. The third-order valence-corrected chi connectivity index (χ3v) is 7.43. The van der Waals surface area contributed by atoms with Crippen molar-refractivity contribution in [2.75, 3.05) is 26.2 Å². The maximum Gasteiger partial charge on any atom is 0.343 e. The fraction of sp³-hybridized carbons (Fsp3) is 0.593. The standard InChI is InChI=1S/C27H37N3O3/c31-26(27(32,24-10-4-1-5-11-24)25-12-6-2-7-13-25)33-20-22(23-18-28-21-29-19-23)14-17-30-15-8-3-9-16-30/h1,4-5,10-11,18-19,21-22,25,32H,2-3,6-9,12-17,20H2/t22-,27?/m0/s1. The predicted octanol–water partition coefficient (Wildman–Crippen LogP) is 4.45. The molecule has 1 N–H and O–H groups in total. The SMILES string of the molecule is O=C(OC[C@H](CCN1CCCCC1)c1cncnc1)C(O)(c1ccccc1)C1CCCCC1. The van der Waals surface area contributed by atoms with Gasteiger partial charge in [-0.05, 0) is 62.9 Å². The number of piperidine rings is 1. The first kappa shape index (κ1) is 23.8. The van der Waals surface area contributed by atoms with E-state index in [1.54, 1.807) is 0 Å². The fourth-order valence-corrected chi connectivity index (χ4v) is 5.41. The topological polar surface area (TPSA) is 75.5 Å². The molecule has 33 heavy (non-hydrogen) atoms. The van der Waals surface area contributed by atoms with Crippen LogP contribution < -0.4 is 0 Å². The van der Waals surface area contributed by atoms with Crippen LogP contribution >= 0.6 is 0 Å². The summed E-state index contributed by atoms with van der Waals surface area (Å²) in [4.78, 5) is 24.3. The second-order valence-corrected chi connectivity index (χ2v) is 9.63. The van der Waals surface area contributed by atoms with E-state index in [1.807, 2.05) is 42.7 Å². The van der Waals surface area contributed by atoms with E-state index in [2.05, 4.69) is 14.9 Å². The van der Waals surface area contributed by atoms with Crippen LogP contribution in [-0.4, -0.2) is 52.2 Å². The molecule has 4 rings (SSSR count). The van der Waals surface area contributed by atoms with Gasteiger partial charge in [-0.2, -0.15) is 0 Å². The summed E-state index contributed by atoms with van der Waals surface area (Å²) in [5, 5.41) is 11.8. The van der Waals surface area contributed by atoms with E-state index in [0.29, 0.717) is 5.56 Å². The molecule has 1 aromatic heterocycles. The number of esters is 1. The Hall–Kier alpha value is -2.31. The number of aromatic nitrogens is 2. The number of hydrogen-bond donors (Lipinski definition) is 1. The van der Waals surface area contributed by atoms with Crippen LogP contribution in [0.15, 0.2) is 49.1 Å². The first-order valence-electron chi connectivity index (χ1n) is 12.6. The minimum atomic E-state index is -1.60. The summed E-state index contributed by atoms with van der Waals surface area (Å²) in [6.45, 7) is 3.45. The van der Waals surface area contributed by atoms with Crippen LogP contribution in [0.2, 0.25) is 0 Å². The average Bonchev–Trinajstić information content (AvgIpc) is 2.90. The molecular weight excluding hydrogens is 414 g/mol. The molecule has 1 aliphatic heterocycles. The highest BCUT2D eigenvalue weighted by Crippen LogP contribution is 2.40. The van der Waals surface area contributed by atoms with E-state index in [1.165, 1.54) is 25.6 Å². The quantitative estimate of drug-likeness (QED) is 0.568. The van der Waals surface area contributed by atoms with E-state index < -0.39 is 11.6 Å². The van der Waals surface area contributed by atoms with Crippen LogP contribution in [0.4, 0.5) is 0 Å². The normalized spacial score (nSPS) is 20.6. The molecule has 0 amide bonds. The van der Waals surface area contributed by atoms with Gasteiger partial charge in [-0.15, -0.1) is 0 Å². The summed E-state index contributed by atoms with van der Waals surface area (Å²) in [6.07, 6.45) is 14.7. The largest absolute Gasteiger partial charge is 0.463 e. The van der Waals surface area contributed by atoms with Crippen molar-refractivity contribution in [3.8, 4) is 0 Å². The Morgan fingerprint density at radius 1 is 1.03 bits per heavy atom. The molecule has 6 heteroatoms. The van der Waals surface area contributed by atoms with Gasteiger partial charge in [-0.3, -0.25) is 0 Å². The molecule has 178 valence electrons. The highest BCUT2D eigenvalue weighted by Gasteiger charge is 2.47. The maximum absolute atomic E-state index is 13.5. The smallest absolute Gasteiger partial charge is 0.343 e. The monoisotopic (exact) mass is 451 g/mol. The van der Waals surface area contributed by atoms with E-state index in [9.17, 15) is 9.90 Å². The molecule has 1 aromatic carbocycles. The Kier molecular flexibility index (Phi) is 8.46. The van der Waals surface area contributed by atoms with Crippen LogP contribution in [0.5, 0.6) is 0 Å². The van der Waals surface area contributed by atoms with Crippen molar-refractivity contribution in [3.63, 3.8) is 0 Å². The summed E-state index contributed by atoms with van der Waals surface area (Å²) in [5.74, 6) is -0.642. The number of hydrogen-bond acceptors (Lipinski definition) is 6. The Balaban J connectivity index is 1.48. The molecule has 2 heterocycles. The second kappa shape index (κ2) is 11.7. The van der Waals surface area contributed by atoms with Crippen molar-refractivity contribution < 1.29 is 14.6 Å². The van der Waals surface area contributed by atoms with Gasteiger partial charge in [-0.25, -0.2) is 14.8 Å². The average molecular weight is 452 g/mol. The van der Waals surface area contributed by atoms with Crippen molar-refractivity contribution in [2.24, 2.45) is 5.92 Å². The summed E-state index contributed by atoms with van der Waals surface area (Å²) in [5.41, 5.74) is 0.00442. The Morgan fingerprint density at radius 3 is 2.39 bits per heavy atom. The summed E-state index contributed by atoms with van der Waals surface area (Å²) < 4.78 is 5.91. The van der Waals surface area contributed by atoms with Crippen LogP contribution in [-0.2, 0) is 15.1 Å². The molecule has 0 spiro atoms. The zero-order valence-electron chi connectivity index (χ0n) is 19.6. The number of aliphatic hydroxyl groups is 1. The molecule has 2 aliphatic rings. The third kappa shape index (κ3) is 5.98. The maximum atomic E-state index is 13.5. The fourth-order valence-electron chi connectivity index (χ4n) is 5.41. The molecule has 2 aromatic rings. The van der Waals surface area contributed by atoms with Crippen LogP contribution in [0.1, 0.15) is 74.8 Å². The van der Waals surface area contributed by atoms with Gasteiger partial charge in [-0.1, -0.05) is 56.0 Å². The number of nitrogens with zero attached hydrogens (tertiary/aromatic N) is 3. The minimum absolute atomic E-state index is 0.00320. The van der Waals surface area contributed by atoms with E-state index in [0.717, 1.165) is 63.7 Å². The molecule has 0 radical (unpaired) electrons. The Bertz CT molecular complexity index is 851. The summed E-state index contributed by atoms with van der Waals surface area (Å²) in [6, 6.07) is 9.34. The first-order chi connectivity index (χ1) is 16.2. The number of benzene rings is 1. The highest BCUT2D eigenvalue weighted by atomic mass is 16.5. The number of likely N-dealkylation sites (tertiary alicyclic amines) is 1. The van der Waals surface area contributed by atoms with Gasteiger partial charge in [0.2, 0.25) is 0 Å². The Morgan fingerprint density at radius 2 is 1.70 bits per heavy atom. The van der Waals surface area contributed by atoms with Gasteiger partial charge in [0, 0.05) is 24.2 Å². The number of ether oxygens (including phenoxy) is 1. The number of carbonyl (C=O) groups excluding carboxylic acids is 1. The van der Waals surface area contributed by atoms with E-state index in [4.69, 9.17) is 4.74 Å². The lowest BCUT2D eigenvalue weighted by Crippen LogP contribution is -2.45. The van der Waals surface area contributed by atoms with Crippen molar-refractivity contribution in [1.29, 1.82) is 0 Å². The van der Waals surface area contributed by atoms with Gasteiger partial charge >= 0.3 is 5.97 Å². The lowest BCUT2D eigenvalue weighted by molar-refractivity contribution is -0.176. The van der Waals surface area contributed by atoms with Gasteiger partial charge in [0.1, 0.15) is 6.33 Å². The van der Waals surface area contributed by atoms with Crippen molar-refractivity contribution in [1.82, 2.24) is 14.9 Å². The zero-order chi connectivity index (χ0) is 22.9. The second-order valence-electron chi connectivity index (χ2n) is 9.63. The van der Waals surface area contributed by atoms with E-state index >= 15 is 0 Å². The molecule has 0 bridgehead atoms. The molecular formula is C27H37N3O3. The molecule has 1 unspecified atom stereocenters. The van der Waals surface area contributed by atoms with Crippen LogP contribution in [0, 0.1) is 5.92 Å². The number of rotatable bonds is 9. The molecule has 2 fully saturated rings. The molecule has 1 saturated heterocycles. The molecule has 2 atom stereocenters. The van der Waals surface area contributed by atoms with Gasteiger partial charge < -0.3 is 14.7 Å². The first-order valence-corrected chi connectivity index (χ1v) is 12.6. The zero-order valence-corrected chi connectivity index (χ0v) is 19.6. The Labute approximate surface area is 197 Å². The molecule has 6 nitrogen and oxygen atoms in total. The van der Waals surface area contributed by atoms with Crippen LogP contribution in [0.25, 0.3) is 0 Å². The van der Waals surface area contributed by atoms with Crippen molar-refractivity contribution in [3.05, 3.63) is 60.2 Å². The highest BCUT2D eigenvalue weighted by molar-refractivity contribution is 5.81. The lowest BCUT2D eigenvalue weighted by atomic mass is 9.73. The van der Waals surface area contributed by atoms with Gasteiger partial charge in [0.05, 0.1) is 6.61 Å². The van der Waals surface area contributed by atoms with Crippen molar-refractivity contribution >= 4 is 5.97 Å². The van der Waals surface area contributed by atoms with Gasteiger partial charge in [0.15, 0.2) is 5.60 Å². The summed E-state index contributed by atoms with van der Waals surface area (Å²) >= 11 is 0. The van der Waals surface area contributed by atoms with Gasteiger partial charge in [0.25, 0.3) is 0 Å². The molecule has 1 aliphatic carbocycles. The summed E-state index contributed by atoms with van der Waals surface area (Å²) in [7, 11) is 0. The lowest BCUT2D eigenvalue weighted by Gasteiger charge is -2.37. The predicted molar refractivity (Wildman–Crippen MR) is 128 cm³/mol. The minimum Gasteiger partial charge on any atom is -0.463 e. The number of carbonyl (C=O) groups is 1. The van der Waals surface area contributed by atoms with Crippen LogP contribution in [0.3, 0.4) is 0 Å². The van der Waals surface area contributed by atoms with Crippen molar-refractivity contribution in [2.45, 2.75) is 69.3 Å². The van der Waals surface area contributed by atoms with E-state index in [-0.39, 0.29) is 18.4 Å².